The number of pyridine rings is 2. The molecule has 4 aromatic rings. The molecule has 2 aromatic carbocycles. The summed E-state index contributed by atoms with van der Waals surface area (Å²) in [6.45, 7) is 0. The number of rotatable bonds is 0. The molecule has 0 saturated heterocycles. The molecule has 0 bridgehead atoms. The molecule has 3 nitrogen and oxygen atoms in total. The lowest BCUT2D eigenvalue weighted by atomic mass is 10.0. The molecule has 0 aliphatic heterocycles. The second-order valence-corrected chi connectivity index (χ2v) is 4.56. The molecule has 0 aliphatic carbocycles. The van der Waals surface area contributed by atoms with Gasteiger partial charge in [0.2, 0.25) is 0 Å². The molecule has 0 saturated carbocycles. The van der Waals surface area contributed by atoms with E-state index in [4.69, 9.17) is 0 Å². The lowest BCUT2D eigenvalue weighted by Gasteiger charge is -2.06. The zero-order valence-electron chi connectivity index (χ0n) is 10.1. The fourth-order valence-electron chi connectivity index (χ4n) is 2.59. The molecule has 0 spiro atoms. The van der Waals surface area contributed by atoms with Crippen molar-refractivity contribution in [3.05, 3.63) is 65.1 Å². The van der Waals surface area contributed by atoms with Crippen molar-refractivity contribution in [2.24, 2.45) is 0 Å². The second kappa shape index (κ2) is 3.65. The van der Waals surface area contributed by atoms with E-state index in [0.29, 0.717) is 5.39 Å². The first kappa shape index (κ1) is 10.3. The number of nitrogens with one attached hydrogen (secondary N) is 1. The maximum atomic E-state index is 12.2. The van der Waals surface area contributed by atoms with Gasteiger partial charge in [0, 0.05) is 22.4 Å². The Bertz CT molecular complexity index is 986. The summed E-state index contributed by atoms with van der Waals surface area (Å²) in [5.74, 6) is 0. The predicted molar refractivity (Wildman–Crippen MR) is 77.4 cm³/mol. The summed E-state index contributed by atoms with van der Waals surface area (Å²) in [4.78, 5) is 19.5. The average molecular weight is 246 g/mol. The first-order chi connectivity index (χ1) is 9.34. The minimum Gasteiger partial charge on any atom is -0.320 e. The van der Waals surface area contributed by atoms with E-state index in [-0.39, 0.29) is 5.56 Å². The summed E-state index contributed by atoms with van der Waals surface area (Å²) >= 11 is 0. The zero-order valence-corrected chi connectivity index (χ0v) is 10.1. The van der Waals surface area contributed by atoms with Gasteiger partial charge in [0.25, 0.3) is 5.56 Å². The number of aromatic amines is 1. The van der Waals surface area contributed by atoms with E-state index in [1.807, 2.05) is 48.5 Å². The Labute approximate surface area is 108 Å². The zero-order chi connectivity index (χ0) is 12.8. The molecule has 1 N–H and O–H groups in total. The van der Waals surface area contributed by atoms with Crippen molar-refractivity contribution in [3.63, 3.8) is 0 Å². The van der Waals surface area contributed by atoms with Crippen LogP contribution in [0.15, 0.2) is 59.5 Å². The van der Waals surface area contributed by atoms with Crippen LogP contribution in [0.5, 0.6) is 0 Å². The average Bonchev–Trinajstić information content (AvgIpc) is 2.47. The van der Waals surface area contributed by atoms with Crippen LogP contribution >= 0.6 is 0 Å². The molecule has 3 heteroatoms. The second-order valence-electron chi connectivity index (χ2n) is 4.56. The Morgan fingerprint density at radius 1 is 0.842 bits per heavy atom. The minimum absolute atomic E-state index is 0.0683. The van der Waals surface area contributed by atoms with Crippen LogP contribution < -0.4 is 5.56 Å². The van der Waals surface area contributed by atoms with E-state index in [0.717, 1.165) is 27.2 Å². The third kappa shape index (κ3) is 1.38. The quantitative estimate of drug-likeness (QED) is 0.484. The van der Waals surface area contributed by atoms with Crippen LogP contribution in [0.4, 0.5) is 0 Å². The summed E-state index contributed by atoms with van der Waals surface area (Å²) in [6.07, 6.45) is 1.75. The minimum atomic E-state index is -0.0683. The molecule has 4 rings (SSSR count). The largest absolute Gasteiger partial charge is 0.320 e. The van der Waals surface area contributed by atoms with E-state index < -0.39 is 0 Å². The van der Waals surface area contributed by atoms with Gasteiger partial charge in [-0.25, -0.2) is 0 Å². The molecule has 90 valence electrons. The van der Waals surface area contributed by atoms with Gasteiger partial charge in [0.1, 0.15) is 0 Å². The number of hydrogen-bond acceptors (Lipinski definition) is 2. The molecule has 0 fully saturated rings. The van der Waals surface area contributed by atoms with Crippen molar-refractivity contribution in [1.82, 2.24) is 9.97 Å². The third-order valence-electron chi connectivity index (χ3n) is 3.48. The Morgan fingerprint density at radius 2 is 1.68 bits per heavy atom. The SMILES string of the molecule is O=c1[nH]c2c(ccc3cccnc32)c2ccccc12. The molecule has 2 aromatic heterocycles. The first-order valence-electron chi connectivity index (χ1n) is 6.13. The Balaban J connectivity index is 2.37. The van der Waals surface area contributed by atoms with Gasteiger partial charge in [0.05, 0.1) is 11.0 Å². The summed E-state index contributed by atoms with van der Waals surface area (Å²) < 4.78 is 0. The Morgan fingerprint density at radius 3 is 2.58 bits per heavy atom. The third-order valence-corrected chi connectivity index (χ3v) is 3.48. The molecule has 19 heavy (non-hydrogen) atoms. The van der Waals surface area contributed by atoms with Crippen LogP contribution in [0.3, 0.4) is 0 Å². The van der Waals surface area contributed by atoms with Crippen LogP contribution in [0.1, 0.15) is 0 Å². The van der Waals surface area contributed by atoms with Gasteiger partial charge >= 0.3 is 0 Å². The highest BCUT2D eigenvalue weighted by Crippen LogP contribution is 2.26. The lowest BCUT2D eigenvalue weighted by molar-refractivity contribution is 1.33. The van der Waals surface area contributed by atoms with Crippen molar-refractivity contribution in [2.45, 2.75) is 0 Å². The van der Waals surface area contributed by atoms with Gasteiger partial charge in [0.15, 0.2) is 0 Å². The van der Waals surface area contributed by atoms with E-state index in [2.05, 4.69) is 9.97 Å². The highest BCUT2D eigenvalue weighted by Gasteiger charge is 2.07. The highest BCUT2D eigenvalue weighted by atomic mass is 16.1. The summed E-state index contributed by atoms with van der Waals surface area (Å²) in [5, 5.41) is 3.74. The molecule has 0 amide bonds. The number of fused-ring (bicyclic) bond motifs is 5. The van der Waals surface area contributed by atoms with Crippen molar-refractivity contribution in [2.75, 3.05) is 0 Å². The molecule has 0 atom stereocenters. The smallest absolute Gasteiger partial charge is 0.256 e. The normalized spacial score (nSPS) is 11.4. The fraction of sp³-hybridized carbons (Fsp3) is 0. The van der Waals surface area contributed by atoms with Crippen molar-refractivity contribution >= 4 is 32.6 Å². The van der Waals surface area contributed by atoms with Gasteiger partial charge in [-0.15, -0.1) is 0 Å². The van der Waals surface area contributed by atoms with Crippen molar-refractivity contribution in [1.29, 1.82) is 0 Å². The Hall–Kier alpha value is -2.68. The van der Waals surface area contributed by atoms with Gasteiger partial charge in [-0.3, -0.25) is 9.78 Å². The van der Waals surface area contributed by atoms with Crippen molar-refractivity contribution in [3.8, 4) is 0 Å². The Kier molecular flexibility index (Phi) is 1.97. The summed E-state index contributed by atoms with van der Waals surface area (Å²) in [5.41, 5.74) is 1.57. The molecule has 2 heterocycles. The van der Waals surface area contributed by atoms with E-state index in [1.54, 1.807) is 6.20 Å². The van der Waals surface area contributed by atoms with Crippen LogP contribution in [0.2, 0.25) is 0 Å². The van der Waals surface area contributed by atoms with Crippen molar-refractivity contribution < 1.29 is 0 Å². The van der Waals surface area contributed by atoms with Crippen LogP contribution in [-0.4, -0.2) is 9.97 Å². The predicted octanol–water partition coefficient (Wildman–Crippen LogP) is 3.23. The van der Waals surface area contributed by atoms with Crippen LogP contribution in [0.25, 0.3) is 32.6 Å². The maximum absolute atomic E-state index is 12.2. The first-order valence-corrected chi connectivity index (χ1v) is 6.13. The molecular weight excluding hydrogens is 236 g/mol. The maximum Gasteiger partial charge on any atom is 0.256 e. The summed E-state index contributed by atoms with van der Waals surface area (Å²) in [6, 6.07) is 15.6. The molecule has 0 unspecified atom stereocenters. The monoisotopic (exact) mass is 246 g/mol. The molecular formula is C16H10N2O. The van der Waals surface area contributed by atoms with Gasteiger partial charge in [-0.05, 0) is 17.5 Å². The lowest BCUT2D eigenvalue weighted by Crippen LogP contribution is -2.06. The van der Waals surface area contributed by atoms with Gasteiger partial charge < -0.3 is 4.98 Å². The number of hydrogen-bond donors (Lipinski definition) is 1. The van der Waals surface area contributed by atoms with E-state index >= 15 is 0 Å². The number of nitrogens with zero attached hydrogens (tertiary/aromatic N) is 1. The topological polar surface area (TPSA) is 45.8 Å². The fourth-order valence-corrected chi connectivity index (χ4v) is 2.59. The van der Waals surface area contributed by atoms with Crippen LogP contribution in [0, 0.1) is 0 Å². The standard InChI is InChI=1S/C16H10N2O/c19-16-13-6-2-1-5-11(13)12-8-7-10-4-3-9-17-14(10)15(12)18-16/h1-9H,(H,18,19). The number of H-pyrrole nitrogens is 1. The summed E-state index contributed by atoms with van der Waals surface area (Å²) in [7, 11) is 0. The number of benzene rings is 2. The molecule has 0 radical (unpaired) electrons. The van der Waals surface area contributed by atoms with Crippen LogP contribution in [-0.2, 0) is 0 Å². The van der Waals surface area contributed by atoms with E-state index in [1.165, 1.54) is 0 Å². The highest BCUT2D eigenvalue weighted by molar-refractivity contribution is 6.13. The van der Waals surface area contributed by atoms with Gasteiger partial charge in [-0.1, -0.05) is 36.4 Å². The van der Waals surface area contributed by atoms with E-state index in [9.17, 15) is 4.79 Å². The molecule has 0 aliphatic rings. The number of aromatic nitrogens is 2. The van der Waals surface area contributed by atoms with Gasteiger partial charge in [-0.2, -0.15) is 0 Å².